The van der Waals surface area contributed by atoms with Gasteiger partial charge in [0.05, 0.1) is 23.9 Å². The number of nitro groups is 1. The van der Waals surface area contributed by atoms with Crippen molar-refractivity contribution in [2.75, 3.05) is 12.4 Å². The van der Waals surface area contributed by atoms with Crippen LogP contribution < -0.4 is 10.1 Å². The van der Waals surface area contributed by atoms with Crippen LogP contribution in [0.15, 0.2) is 60.8 Å². The zero-order valence-corrected chi connectivity index (χ0v) is 14.9. The second-order valence-electron chi connectivity index (χ2n) is 5.54. The first-order valence-electron chi connectivity index (χ1n) is 7.83. The van der Waals surface area contributed by atoms with Gasteiger partial charge in [0.2, 0.25) is 5.88 Å². The van der Waals surface area contributed by atoms with Crippen molar-refractivity contribution in [2.45, 2.75) is 0 Å². The molecule has 1 N–H and O–H groups in total. The second-order valence-corrected chi connectivity index (χ2v) is 5.95. The summed E-state index contributed by atoms with van der Waals surface area (Å²) in [6, 6.07) is 14.1. The number of benzene rings is 2. The molecule has 0 unspecified atom stereocenters. The lowest BCUT2D eigenvalue weighted by molar-refractivity contribution is -0.384. The van der Waals surface area contributed by atoms with E-state index in [1.54, 1.807) is 42.5 Å². The van der Waals surface area contributed by atoms with Gasteiger partial charge in [-0.3, -0.25) is 14.9 Å². The molecule has 0 aliphatic heterocycles. The SMILES string of the molecule is COc1ccc(NC(=O)c2ccc(Cl)c(-c3ccc([N+](=O)[O-])cc3)c2)cn1. The summed E-state index contributed by atoms with van der Waals surface area (Å²) >= 11 is 6.24. The minimum atomic E-state index is -0.474. The number of ether oxygens (including phenoxy) is 1. The first-order chi connectivity index (χ1) is 13.0. The van der Waals surface area contributed by atoms with Crippen molar-refractivity contribution in [2.24, 2.45) is 0 Å². The van der Waals surface area contributed by atoms with E-state index in [0.717, 1.165) is 0 Å². The number of non-ortho nitro benzene ring substituents is 1. The van der Waals surface area contributed by atoms with Gasteiger partial charge in [0, 0.05) is 34.3 Å². The maximum Gasteiger partial charge on any atom is 0.269 e. The quantitative estimate of drug-likeness (QED) is 0.514. The zero-order valence-electron chi connectivity index (χ0n) is 14.2. The molecule has 0 aliphatic rings. The number of nitro benzene ring substituents is 1. The Morgan fingerprint density at radius 1 is 1.15 bits per heavy atom. The molecular weight excluding hydrogens is 370 g/mol. The highest BCUT2D eigenvalue weighted by atomic mass is 35.5. The number of hydrogen-bond acceptors (Lipinski definition) is 5. The van der Waals surface area contributed by atoms with E-state index in [-0.39, 0.29) is 11.6 Å². The summed E-state index contributed by atoms with van der Waals surface area (Å²) < 4.78 is 4.98. The average molecular weight is 384 g/mol. The Labute approximate surface area is 159 Å². The summed E-state index contributed by atoms with van der Waals surface area (Å²) in [5.74, 6) is 0.113. The highest BCUT2D eigenvalue weighted by molar-refractivity contribution is 6.33. The Hall–Kier alpha value is -3.45. The van der Waals surface area contributed by atoms with Crippen LogP contribution in [0.2, 0.25) is 5.02 Å². The van der Waals surface area contributed by atoms with Crippen LogP contribution in [0.5, 0.6) is 5.88 Å². The Morgan fingerprint density at radius 2 is 1.89 bits per heavy atom. The molecule has 0 aliphatic carbocycles. The van der Waals surface area contributed by atoms with Crippen LogP contribution in [0.1, 0.15) is 10.4 Å². The first-order valence-corrected chi connectivity index (χ1v) is 8.21. The topological polar surface area (TPSA) is 94.4 Å². The van der Waals surface area contributed by atoms with Crippen molar-refractivity contribution in [1.82, 2.24) is 4.98 Å². The van der Waals surface area contributed by atoms with Gasteiger partial charge < -0.3 is 10.1 Å². The molecule has 3 aromatic rings. The number of pyridine rings is 1. The van der Waals surface area contributed by atoms with Crippen LogP contribution in [-0.2, 0) is 0 Å². The predicted molar refractivity (Wildman–Crippen MR) is 102 cm³/mol. The molecule has 0 radical (unpaired) electrons. The van der Waals surface area contributed by atoms with Crippen LogP contribution in [0, 0.1) is 10.1 Å². The molecule has 0 fully saturated rings. The van der Waals surface area contributed by atoms with Gasteiger partial charge in [-0.25, -0.2) is 4.98 Å². The fraction of sp³-hybridized carbons (Fsp3) is 0.0526. The summed E-state index contributed by atoms with van der Waals surface area (Å²) in [5.41, 5.74) is 2.17. The maximum absolute atomic E-state index is 12.5. The van der Waals surface area contributed by atoms with Gasteiger partial charge in [0.25, 0.3) is 11.6 Å². The van der Waals surface area contributed by atoms with E-state index in [1.165, 1.54) is 25.4 Å². The first kappa shape index (κ1) is 18.3. The molecule has 0 bridgehead atoms. The number of carbonyl (C=O) groups is 1. The number of methoxy groups -OCH3 is 1. The van der Waals surface area contributed by atoms with Crippen LogP contribution in [-0.4, -0.2) is 22.9 Å². The summed E-state index contributed by atoms with van der Waals surface area (Å²) in [7, 11) is 1.51. The number of anilines is 1. The third kappa shape index (κ3) is 4.21. The van der Waals surface area contributed by atoms with Gasteiger partial charge in [-0.05, 0) is 42.0 Å². The highest BCUT2D eigenvalue weighted by Gasteiger charge is 2.12. The highest BCUT2D eigenvalue weighted by Crippen LogP contribution is 2.30. The average Bonchev–Trinajstić information content (AvgIpc) is 2.69. The third-order valence-corrected chi connectivity index (χ3v) is 4.15. The largest absolute Gasteiger partial charge is 0.481 e. The van der Waals surface area contributed by atoms with Gasteiger partial charge in [-0.2, -0.15) is 0 Å². The van der Waals surface area contributed by atoms with Crippen molar-refractivity contribution in [1.29, 1.82) is 0 Å². The van der Waals surface area contributed by atoms with Crippen molar-refractivity contribution >= 4 is 28.9 Å². The van der Waals surface area contributed by atoms with Crippen LogP contribution in [0.3, 0.4) is 0 Å². The van der Waals surface area contributed by atoms with Gasteiger partial charge in [-0.15, -0.1) is 0 Å². The molecule has 0 saturated carbocycles. The van der Waals surface area contributed by atoms with Crippen LogP contribution in [0.4, 0.5) is 11.4 Å². The summed E-state index contributed by atoms with van der Waals surface area (Å²) in [6.45, 7) is 0. The molecule has 3 rings (SSSR count). The molecule has 8 heteroatoms. The van der Waals surface area contributed by atoms with Gasteiger partial charge >= 0.3 is 0 Å². The lowest BCUT2D eigenvalue weighted by atomic mass is 10.0. The molecule has 7 nitrogen and oxygen atoms in total. The number of amides is 1. The van der Waals surface area contributed by atoms with E-state index >= 15 is 0 Å². The maximum atomic E-state index is 12.5. The van der Waals surface area contributed by atoms with E-state index in [0.29, 0.717) is 33.3 Å². The summed E-state index contributed by atoms with van der Waals surface area (Å²) in [4.78, 5) is 26.8. The molecule has 0 spiro atoms. The Bertz CT molecular complexity index is 989. The fourth-order valence-electron chi connectivity index (χ4n) is 2.43. The smallest absolute Gasteiger partial charge is 0.269 e. The number of rotatable bonds is 5. The van der Waals surface area contributed by atoms with E-state index < -0.39 is 4.92 Å². The lowest BCUT2D eigenvalue weighted by Crippen LogP contribution is -2.12. The molecule has 0 atom stereocenters. The van der Waals surface area contributed by atoms with E-state index in [1.807, 2.05) is 0 Å². The zero-order chi connectivity index (χ0) is 19.4. The van der Waals surface area contributed by atoms with E-state index in [4.69, 9.17) is 16.3 Å². The number of halogens is 1. The number of nitrogens with one attached hydrogen (secondary N) is 1. The van der Waals surface area contributed by atoms with Gasteiger partial charge in [0.15, 0.2) is 0 Å². The third-order valence-electron chi connectivity index (χ3n) is 3.82. The van der Waals surface area contributed by atoms with Crippen LogP contribution >= 0.6 is 11.6 Å². The Balaban J connectivity index is 1.85. The molecule has 1 amide bonds. The monoisotopic (exact) mass is 383 g/mol. The van der Waals surface area contributed by atoms with Gasteiger partial charge in [0.1, 0.15) is 0 Å². The minimum absolute atomic E-state index is 0.0178. The molecule has 2 aromatic carbocycles. The summed E-state index contributed by atoms with van der Waals surface area (Å²) in [6.07, 6.45) is 1.49. The number of hydrogen-bond donors (Lipinski definition) is 1. The predicted octanol–water partition coefficient (Wildman–Crippen LogP) is 4.57. The molecule has 27 heavy (non-hydrogen) atoms. The summed E-state index contributed by atoms with van der Waals surface area (Å²) in [5, 5.41) is 14.0. The van der Waals surface area contributed by atoms with Crippen molar-refractivity contribution in [3.63, 3.8) is 0 Å². The van der Waals surface area contributed by atoms with Crippen molar-refractivity contribution < 1.29 is 14.5 Å². The Kier molecular flexibility index (Phi) is 5.33. The fourth-order valence-corrected chi connectivity index (χ4v) is 2.66. The van der Waals surface area contributed by atoms with Gasteiger partial charge in [-0.1, -0.05) is 11.6 Å². The molecule has 1 heterocycles. The minimum Gasteiger partial charge on any atom is -0.481 e. The van der Waals surface area contributed by atoms with Crippen molar-refractivity contribution in [3.8, 4) is 17.0 Å². The molecule has 136 valence electrons. The molecule has 0 saturated heterocycles. The lowest BCUT2D eigenvalue weighted by Gasteiger charge is -2.09. The number of carbonyl (C=O) groups excluding carboxylic acids is 1. The second kappa shape index (κ2) is 7.84. The van der Waals surface area contributed by atoms with Crippen molar-refractivity contribution in [3.05, 3.63) is 81.5 Å². The number of nitrogens with zero attached hydrogens (tertiary/aromatic N) is 2. The molecular formula is C19H14ClN3O4. The van der Waals surface area contributed by atoms with E-state index in [2.05, 4.69) is 10.3 Å². The number of aromatic nitrogens is 1. The standard InChI is InChI=1S/C19H14ClN3O4/c1-27-18-9-5-14(11-21-18)22-19(24)13-4-8-17(20)16(10-13)12-2-6-15(7-3-12)23(25)26/h2-11H,1H3,(H,22,24). The molecule has 1 aromatic heterocycles. The van der Waals surface area contributed by atoms with E-state index in [9.17, 15) is 14.9 Å². The normalized spacial score (nSPS) is 10.3. The van der Waals surface area contributed by atoms with Crippen LogP contribution in [0.25, 0.3) is 11.1 Å². The Morgan fingerprint density at radius 3 is 2.48 bits per heavy atom.